The molecule has 5 rings (SSSR count). The first-order valence-electron chi connectivity index (χ1n) is 9.36. The Labute approximate surface area is 179 Å². The Morgan fingerprint density at radius 1 is 1.03 bits per heavy atom. The number of anilines is 1. The number of carbonyl (C=O) groups is 1. The molecular weight excluding hydrogens is 414 g/mol. The summed E-state index contributed by atoms with van der Waals surface area (Å²) in [6, 6.07) is 17.9. The molecule has 1 aromatic carbocycles. The minimum atomic E-state index is -0.347. The number of carbonyl (C=O) groups excluding carboxylic acids is 1. The lowest BCUT2D eigenvalue weighted by molar-refractivity contribution is -0.117. The van der Waals surface area contributed by atoms with Gasteiger partial charge in [-0.05, 0) is 41.8 Å². The summed E-state index contributed by atoms with van der Waals surface area (Å²) in [6.07, 6.45) is 1.46. The highest BCUT2D eigenvalue weighted by Crippen LogP contribution is 2.25. The van der Waals surface area contributed by atoms with E-state index in [-0.39, 0.29) is 18.0 Å². The molecule has 0 radical (unpaired) electrons. The van der Waals surface area contributed by atoms with E-state index in [9.17, 15) is 9.59 Å². The lowest BCUT2D eigenvalue weighted by Gasteiger charge is -2.08. The number of nitrogens with zero attached hydrogens (tertiary/aromatic N) is 6. The average molecular weight is 429 g/mol. The standard InChI is InChI=1S/C21H15N7O2S/c29-19(13-27-20(30)7-2-10-22-27)23-15-5-1-4-14(12-15)16-8-9-18-24-25-21(28(18)26-16)17-6-3-11-31-17/h1-12H,13H2,(H,23,29). The molecule has 0 spiro atoms. The zero-order valence-electron chi connectivity index (χ0n) is 16.0. The highest BCUT2D eigenvalue weighted by atomic mass is 32.1. The van der Waals surface area contributed by atoms with E-state index >= 15 is 0 Å². The molecule has 5 aromatic rings. The Kier molecular flexibility index (Phi) is 4.81. The quantitative estimate of drug-likeness (QED) is 0.460. The molecular formula is C21H15N7O2S. The van der Waals surface area contributed by atoms with E-state index in [0.29, 0.717) is 22.9 Å². The SMILES string of the molecule is O=C(Cn1ncccc1=O)Nc1cccc(-c2ccc3nnc(-c4cccs4)n3n2)c1. The summed E-state index contributed by atoms with van der Waals surface area (Å²) in [6.45, 7) is -0.168. The second-order valence-corrected chi connectivity index (χ2v) is 7.59. The number of fused-ring (bicyclic) bond motifs is 1. The van der Waals surface area contributed by atoms with Crippen molar-refractivity contribution in [3.05, 3.63) is 82.6 Å². The number of amides is 1. The van der Waals surface area contributed by atoms with Crippen LogP contribution in [-0.2, 0) is 11.3 Å². The van der Waals surface area contributed by atoms with Crippen LogP contribution in [0.25, 0.3) is 27.6 Å². The predicted octanol–water partition coefficient (Wildman–Crippen LogP) is 2.72. The molecule has 0 atom stereocenters. The molecule has 10 heteroatoms. The smallest absolute Gasteiger partial charge is 0.267 e. The number of hydrogen-bond acceptors (Lipinski definition) is 7. The average Bonchev–Trinajstić information content (AvgIpc) is 3.44. The summed E-state index contributed by atoms with van der Waals surface area (Å²) in [5, 5.41) is 21.8. The number of hydrogen-bond donors (Lipinski definition) is 1. The Bertz CT molecular complexity index is 1440. The molecule has 0 fully saturated rings. The van der Waals surface area contributed by atoms with Crippen molar-refractivity contribution in [3.63, 3.8) is 0 Å². The van der Waals surface area contributed by atoms with Crippen LogP contribution in [0.4, 0.5) is 5.69 Å². The van der Waals surface area contributed by atoms with Crippen molar-refractivity contribution in [2.75, 3.05) is 5.32 Å². The lowest BCUT2D eigenvalue weighted by atomic mass is 10.1. The normalized spacial score (nSPS) is 11.0. The first kappa shape index (κ1) is 18.8. The van der Waals surface area contributed by atoms with Crippen LogP contribution >= 0.6 is 11.3 Å². The molecule has 0 aliphatic carbocycles. The minimum absolute atomic E-state index is 0.168. The lowest BCUT2D eigenvalue weighted by Crippen LogP contribution is -2.28. The van der Waals surface area contributed by atoms with E-state index in [1.807, 2.05) is 47.8 Å². The van der Waals surface area contributed by atoms with Crippen LogP contribution in [0.15, 0.2) is 77.0 Å². The molecule has 0 bridgehead atoms. The molecule has 31 heavy (non-hydrogen) atoms. The second-order valence-electron chi connectivity index (χ2n) is 6.64. The van der Waals surface area contributed by atoms with Gasteiger partial charge >= 0.3 is 0 Å². The predicted molar refractivity (Wildman–Crippen MR) is 117 cm³/mol. The van der Waals surface area contributed by atoms with E-state index in [4.69, 9.17) is 5.10 Å². The van der Waals surface area contributed by atoms with E-state index in [1.165, 1.54) is 18.3 Å². The van der Waals surface area contributed by atoms with Crippen LogP contribution in [0.5, 0.6) is 0 Å². The summed E-state index contributed by atoms with van der Waals surface area (Å²) in [4.78, 5) is 25.1. The van der Waals surface area contributed by atoms with E-state index in [1.54, 1.807) is 21.9 Å². The van der Waals surface area contributed by atoms with Gasteiger partial charge in [-0.2, -0.15) is 14.7 Å². The monoisotopic (exact) mass is 429 g/mol. The number of aromatic nitrogens is 6. The van der Waals surface area contributed by atoms with Crippen molar-refractivity contribution in [1.82, 2.24) is 29.6 Å². The summed E-state index contributed by atoms with van der Waals surface area (Å²) < 4.78 is 2.81. The van der Waals surface area contributed by atoms with Gasteiger partial charge in [0.25, 0.3) is 5.56 Å². The molecule has 4 aromatic heterocycles. The fourth-order valence-electron chi connectivity index (χ4n) is 3.10. The van der Waals surface area contributed by atoms with Crippen molar-refractivity contribution >= 4 is 28.6 Å². The van der Waals surface area contributed by atoms with Crippen LogP contribution < -0.4 is 10.9 Å². The van der Waals surface area contributed by atoms with Crippen LogP contribution in [-0.4, -0.2) is 35.5 Å². The molecule has 152 valence electrons. The molecule has 1 amide bonds. The molecule has 9 nitrogen and oxygen atoms in total. The zero-order chi connectivity index (χ0) is 21.2. The van der Waals surface area contributed by atoms with Crippen molar-refractivity contribution in [1.29, 1.82) is 0 Å². The third-order valence-electron chi connectivity index (χ3n) is 4.53. The maximum absolute atomic E-state index is 12.4. The van der Waals surface area contributed by atoms with Gasteiger partial charge in [-0.1, -0.05) is 18.2 Å². The fraction of sp³-hybridized carbons (Fsp3) is 0.0476. The van der Waals surface area contributed by atoms with E-state index in [0.717, 1.165) is 15.1 Å². The van der Waals surface area contributed by atoms with Gasteiger partial charge in [0.15, 0.2) is 11.5 Å². The highest BCUT2D eigenvalue weighted by molar-refractivity contribution is 7.13. The molecule has 1 N–H and O–H groups in total. The Balaban J connectivity index is 1.41. The molecule has 4 heterocycles. The van der Waals surface area contributed by atoms with Gasteiger partial charge in [0.2, 0.25) is 5.91 Å². The highest BCUT2D eigenvalue weighted by Gasteiger charge is 2.12. The Hall–Kier alpha value is -4.18. The van der Waals surface area contributed by atoms with Gasteiger partial charge in [0.1, 0.15) is 6.54 Å². The van der Waals surface area contributed by atoms with Crippen molar-refractivity contribution in [2.24, 2.45) is 0 Å². The van der Waals surface area contributed by atoms with Gasteiger partial charge < -0.3 is 5.32 Å². The third kappa shape index (κ3) is 3.83. The summed E-state index contributed by atoms with van der Waals surface area (Å²) >= 11 is 1.57. The van der Waals surface area contributed by atoms with Crippen LogP contribution in [0.1, 0.15) is 0 Å². The van der Waals surface area contributed by atoms with Crippen molar-refractivity contribution in [2.45, 2.75) is 6.54 Å². The zero-order valence-corrected chi connectivity index (χ0v) is 16.9. The Morgan fingerprint density at radius 2 is 1.97 bits per heavy atom. The second kappa shape index (κ2) is 7.92. The largest absolute Gasteiger partial charge is 0.324 e. The van der Waals surface area contributed by atoms with Gasteiger partial charge in [-0.3, -0.25) is 9.59 Å². The first-order chi connectivity index (χ1) is 15.2. The summed E-state index contributed by atoms with van der Waals surface area (Å²) in [5.41, 5.74) is 2.44. The fourth-order valence-corrected chi connectivity index (χ4v) is 3.79. The third-order valence-corrected chi connectivity index (χ3v) is 5.39. The van der Waals surface area contributed by atoms with Gasteiger partial charge in [0.05, 0.1) is 10.6 Å². The molecule has 0 saturated carbocycles. The summed E-state index contributed by atoms with van der Waals surface area (Å²) in [7, 11) is 0. The maximum Gasteiger partial charge on any atom is 0.267 e. The molecule has 0 aliphatic rings. The van der Waals surface area contributed by atoms with E-state index < -0.39 is 0 Å². The topological polar surface area (TPSA) is 107 Å². The van der Waals surface area contributed by atoms with Crippen molar-refractivity contribution in [3.8, 4) is 22.0 Å². The first-order valence-corrected chi connectivity index (χ1v) is 10.2. The van der Waals surface area contributed by atoms with Crippen molar-refractivity contribution < 1.29 is 4.79 Å². The summed E-state index contributed by atoms with van der Waals surface area (Å²) in [5.74, 6) is 0.331. The number of rotatable bonds is 5. The minimum Gasteiger partial charge on any atom is -0.324 e. The molecule has 0 saturated heterocycles. The van der Waals surface area contributed by atoms with E-state index in [2.05, 4.69) is 20.6 Å². The maximum atomic E-state index is 12.4. The van der Waals surface area contributed by atoms with Crippen LogP contribution in [0.2, 0.25) is 0 Å². The Morgan fingerprint density at radius 3 is 2.81 bits per heavy atom. The number of thiophene rings is 1. The number of nitrogens with one attached hydrogen (secondary N) is 1. The number of benzene rings is 1. The van der Waals surface area contributed by atoms with Crippen LogP contribution in [0.3, 0.4) is 0 Å². The van der Waals surface area contributed by atoms with Gasteiger partial charge in [-0.15, -0.1) is 21.5 Å². The van der Waals surface area contributed by atoms with Gasteiger partial charge in [0, 0.05) is 23.5 Å². The molecule has 0 aliphatic heterocycles. The molecule has 0 unspecified atom stereocenters. The van der Waals surface area contributed by atoms with Gasteiger partial charge in [-0.25, -0.2) is 4.68 Å². The van der Waals surface area contributed by atoms with Crippen LogP contribution in [0, 0.1) is 0 Å².